The Labute approximate surface area is 87.9 Å². The van der Waals surface area contributed by atoms with E-state index < -0.39 is 0 Å². The number of nitrogens with zero attached hydrogens (tertiary/aromatic N) is 1. The van der Waals surface area contributed by atoms with E-state index in [9.17, 15) is 0 Å². The second kappa shape index (κ2) is 4.18. The highest BCUT2D eigenvalue weighted by Gasteiger charge is 2.13. The van der Waals surface area contributed by atoms with Crippen molar-refractivity contribution in [2.45, 2.75) is 0 Å². The Morgan fingerprint density at radius 1 is 1.53 bits per heavy atom. The van der Waals surface area contributed by atoms with Crippen LogP contribution in [0, 0.1) is 0 Å². The van der Waals surface area contributed by atoms with Crippen LogP contribution in [0.5, 0.6) is 11.5 Å². The molecule has 0 saturated carbocycles. The molecule has 80 valence electrons. The van der Waals surface area contributed by atoms with Gasteiger partial charge < -0.3 is 14.9 Å². The van der Waals surface area contributed by atoms with Crippen molar-refractivity contribution < 1.29 is 9.47 Å². The maximum atomic E-state index is 5.51. The molecule has 0 unspecified atom stereocenters. The van der Waals surface area contributed by atoms with Gasteiger partial charge in [0.2, 0.25) is 0 Å². The third kappa shape index (κ3) is 1.87. The Kier molecular flexibility index (Phi) is 2.73. The fraction of sp³-hybridized carbons (Fsp3) is 0.300. The summed E-state index contributed by atoms with van der Waals surface area (Å²) < 4.78 is 10.6. The molecule has 0 aliphatic carbocycles. The van der Waals surface area contributed by atoms with E-state index in [1.54, 1.807) is 7.11 Å². The van der Waals surface area contributed by atoms with Crippen molar-refractivity contribution in [3.63, 3.8) is 0 Å². The fourth-order valence-electron chi connectivity index (χ4n) is 1.47. The molecule has 1 heterocycles. The third-order valence-electron chi connectivity index (χ3n) is 2.20. The highest BCUT2D eigenvalue weighted by atomic mass is 16.5. The van der Waals surface area contributed by atoms with E-state index in [0.717, 1.165) is 17.1 Å². The number of amidine groups is 1. The van der Waals surface area contributed by atoms with Crippen molar-refractivity contribution >= 4 is 5.84 Å². The summed E-state index contributed by atoms with van der Waals surface area (Å²) in [6.45, 7) is 1.15. The number of benzene rings is 1. The van der Waals surface area contributed by atoms with Crippen molar-refractivity contribution in [3.05, 3.63) is 23.8 Å². The SMILES string of the molecule is COc1ccc2c(c1)C(NN)=NCCO2. The van der Waals surface area contributed by atoms with Crippen LogP contribution in [-0.4, -0.2) is 26.1 Å². The molecule has 1 aliphatic rings. The number of rotatable bonds is 1. The molecule has 1 aromatic rings. The molecule has 0 amide bonds. The minimum atomic E-state index is 0.560. The van der Waals surface area contributed by atoms with Gasteiger partial charge in [0.05, 0.1) is 19.2 Å². The predicted molar refractivity (Wildman–Crippen MR) is 57.2 cm³/mol. The molecule has 1 aromatic carbocycles. The number of hydrazine groups is 1. The Morgan fingerprint density at radius 2 is 2.40 bits per heavy atom. The summed E-state index contributed by atoms with van der Waals surface area (Å²) in [6.07, 6.45) is 0. The number of hydrogen-bond donors (Lipinski definition) is 2. The lowest BCUT2D eigenvalue weighted by Gasteiger charge is -2.10. The Morgan fingerprint density at radius 3 is 3.13 bits per heavy atom. The van der Waals surface area contributed by atoms with Crippen LogP contribution >= 0.6 is 0 Å². The molecular weight excluding hydrogens is 194 g/mol. The van der Waals surface area contributed by atoms with Crippen molar-refractivity contribution in [2.75, 3.05) is 20.3 Å². The molecule has 0 spiro atoms. The number of fused-ring (bicyclic) bond motifs is 1. The zero-order valence-corrected chi connectivity index (χ0v) is 8.49. The number of aliphatic imine (C=N–C) groups is 1. The highest BCUT2D eigenvalue weighted by Crippen LogP contribution is 2.25. The molecule has 2 rings (SSSR count). The molecule has 1 aliphatic heterocycles. The van der Waals surface area contributed by atoms with E-state index >= 15 is 0 Å². The molecule has 0 aromatic heterocycles. The molecule has 0 bridgehead atoms. The summed E-state index contributed by atoms with van der Waals surface area (Å²) in [4.78, 5) is 4.26. The lowest BCUT2D eigenvalue weighted by Crippen LogP contribution is -2.31. The maximum absolute atomic E-state index is 5.51. The average Bonchev–Trinajstić information content (AvgIpc) is 2.49. The van der Waals surface area contributed by atoms with Gasteiger partial charge in [0, 0.05) is 0 Å². The standard InChI is InChI=1S/C10H13N3O2/c1-14-7-2-3-9-8(6-7)10(13-11)12-4-5-15-9/h2-3,6H,4-5,11H2,1H3,(H,12,13). The van der Waals surface area contributed by atoms with Gasteiger partial charge in [0.25, 0.3) is 0 Å². The highest BCUT2D eigenvalue weighted by molar-refractivity contribution is 6.01. The molecule has 5 nitrogen and oxygen atoms in total. The van der Waals surface area contributed by atoms with Crippen molar-refractivity contribution in [3.8, 4) is 11.5 Å². The summed E-state index contributed by atoms with van der Waals surface area (Å²) >= 11 is 0. The molecule has 5 heteroatoms. The summed E-state index contributed by atoms with van der Waals surface area (Å²) in [5, 5.41) is 0. The minimum absolute atomic E-state index is 0.560. The summed E-state index contributed by atoms with van der Waals surface area (Å²) in [7, 11) is 1.62. The van der Waals surface area contributed by atoms with Gasteiger partial charge in [-0.3, -0.25) is 4.99 Å². The number of nitrogens with two attached hydrogens (primary N) is 1. The van der Waals surface area contributed by atoms with Crippen LogP contribution in [0.4, 0.5) is 0 Å². The quantitative estimate of drug-likeness (QED) is 0.513. The monoisotopic (exact) mass is 207 g/mol. The van der Waals surface area contributed by atoms with Crippen molar-refractivity contribution in [2.24, 2.45) is 10.8 Å². The van der Waals surface area contributed by atoms with Crippen LogP contribution in [0.25, 0.3) is 0 Å². The molecule has 0 atom stereocenters. The van der Waals surface area contributed by atoms with Crippen LogP contribution in [-0.2, 0) is 0 Å². The molecular formula is C10H13N3O2. The van der Waals surface area contributed by atoms with E-state index in [1.807, 2.05) is 18.2 Å². The second-order valence-corrected chi connectivity index (χ2v) is 3.09. The van der Waals surface area contributed by atoms with Gasteiger partial charge >= 0.3 is 0 Å². The van der Waals surface area contributed by atoms with Gasteiger partial charge in [-0.1, -0.05) is 0 Å². The predicted octanol–water partition coefficient (Wildman–Crippen LogP) is 0.297. The first-order chi connectivity index (χ1) is 7.35. The van der Waals surface area contributed by atoms with Gasteiger partial charge in [0.15, 0.2) is 0 Å². The Hall–Kier alpha value is -1.75. The maximum Gasteiger partial charge on any atom is 0.146 e. The zero-order chi connectivity index (χ0) is 10.7. The lowest BCUT2D eigenvalue weighted by atomic mass is 10.1. The van der Waals surface area contributed by atoms with Crippen LogP contribution in [0.3, 0.4) is 0 Å². The number of nitrogens with one attached hydrogen (secondary N) is 1. The Bertz CT molecular complexity index is 390. The second-order valence-electron chi connectivity index (χ2n) is 3.09. The minimum Gasteiger partial charge on any atom is -0.497 e. The van der Waals surface area contributed by atoms with Crippen LogP contribution in [0.2, 0.25) is 0 Å². The summed E-state index contributed by atoms with van der Waals surface area (Å²) in [5.41, 5.74) is 3.39. The number of ether oxygens (including phenoxy) is 2. The van der Waals surface area contributed by atoms with Gasteiger partial charge in [-0.25, -0.2) is 5.84 Å². The molecule has 0 saturated heterocycles. The van der Waals surface area contributed by atoms with Gasteiger partial charge in [-0.2, -0.15) is 0 Å². The van der Waals surface area contributed by atoms with E-state index in [0.29, 0.717) is 19.0 Å². The van der Waals surface area contributed by atoms with E-state index in [1.165, 1.54) is 0 Å². The smallest absolute Gasteiger partial charge is 0.146 e. The van der Waals surface area contributed by atoms with E-state index in [4.69, 9.17) is 15.3 Å². The van der Waals surface area contributed by atoms with Crippen LogP contribution < -0.4 is 20.7 Å². The van der Waals surface area contributed by atoms with E-state index in [-0.39, 0.29) is 0 Å². The van der Waals surface area contributed by atoms with E-state index in [2.05, 4.69) is 10.4 Å². The molecule has 0 radical (unpaired) electrons. The lowest BCUT2D eigenvalue weighted by molar-refractivity contribution is 0.330. The normalized spacial score (nSPS) is 14.4. The summed E-state index contributed by atoms with van der Waals surface area (Å²) in [6, 6.07) is 5.55. The van der Waals surface area contributed by atoms with Gasteiger partial charge in [-0.15, -0.1) is 0 Å². The summed E-state index contributed by atoms with van der Waals surface area (Å²) in [5.74, 6) is 7.55. The van der Waals surface area contributed by atoms with Crippen LogP contribution in [0.1, 0.15) is 5.56 Å². The molecule has 3 N–H and O–H groups in total. The third-order valence-corrected chi connectivity index (χ3v) is 2.20. The first-order valence-corrected chi connectivity index (χ1v) is 4.67. The first-order valence-electron chi connectivity index (χ1n) is 4.67. The van der Waals surface area contributed by atoms with Gasteiger partial charge in [0.1, 0.15) is 23.9 Å². The number of methoxy groups -OCH3 is 1. The molecule has 0 fully saturated rings. The number of hydrogen-bond acceptors (Lipinski definition) is 5. The van der Waals surface area contributed by atoms with Crippen molar-refractivity contribution in [1.82, 2.24) is 5.43 Å². The first kappa shape index (κ1) is 9.79. The average molecular weight is 207 g/mol. The topological polar surface area (TPSA) is 68.9 Å². The molecule has 15 heavy (non-hydrogen) atoms. The fourth-order valence-corrected chi connectivity index (χ4v) is 1.47. The van der Waals surface area contributed by atoms with Crippen LogP contribution in [0.15, 0.2) is 23.2 Å². The largest absolute Gasteiger partial charge is 0.497 e. The Balaban J connectivity index is 2.47. The zero-order valence-electron chi connectivity index (χ0n) is 8.49. The van der Waals surface area contributed by atoms with Gasteiger partial charge in [-0.05, 0) is 18.2 Å². The van der Waals surface area contributed by atoms with Crippen molar-refractivity contribution in [1.29, 1.82) is 0 Å².